The Morgan fingerprint density at radius 2 is 2.20 bits per heavy atom. The molecule has 1 saturated carbocycles. The maximum Gasteiger partial charge on any atom is 0.0483 e. The third-order valence-corrected chi connectivity index (χ3v) is 3.38. The number of nitrogen functional groups attached to an aromatic ring is 1. The largest absolute Gasteiger partial charge is 0.398 e. The third kappa shape index (κ3) is 2.71. The highest BCUT2D eigenvalue weighted by Gasteiger charge is 2.26. The van der Waals surface area contributed by atoms with Gasteiger partial charge in [-0.05, 0) is 36.1 Å². The normalized spacial score (nSPS) is 17.7. The first kappa shape index (κ1) is 10.9. The molecule has 0 aliphatic heterocycles. The van der Waals surface area contributed by atoms with E-state index >= 15 is 0 Å². The minimum absolute atomic E-state index is 0.176. The second kappa shape index (κ2) is 4.51. The Morgan fingerprint density at radius 3 is 2.80 bits per heavy atom. The summed E-state index contributed by atoms with van der Waals surface area (Å²) in [7, 11) is 0. The van der Waals surface area contributed by atoms with Gasteiger partial charge < -0.3 is 5.73 Å². The molecular weight excluding hydrogens is 254 g/mol. The summed E-state index contributed by atoms with van der Waals surface area (Å²) in [6, 6.07) is 6.08. The lowest BCUT2D eigenvalue weighted by atomic mass is 10.0. The highest BCUT2D eigenvalue weighted by molar-refractivity contribution is 9.10. The molecular formula is C11H16BrN3. The van der Waals surface area contributed by atoms with Gasteiger partial charge >= 0.3 is 0 Å². The maximum atomic E-state index is 5.95. The predicted molar refractivity (Wildman–Crippen MR) is 66.0 cm³/mol. The zero-order valence-electron chi connectivity index (χ0n) is 8.54. The molecule has 0 spiro atoms. The number of rotatable bonds is 4. The first-order valence-electron chi connectivity index (χ1n) is 5.21. The van der Waals surface area contributed by atoms with Crippen molar-refractivity contribution in [3.05, 3.63) is 28.2 Å². The summed E-state index contributed by atoms with van der Waals surface area (Å²) in [6.07, 6.45) is 3.73. The summed E-state index contributed by atoms with van der Waals surface area (Å²) in [5, 5.41) is 0. The van der Waals surface area contributed by atoms with Gasteiger partial charge in [0.2, 0.25) is 0 Å². The van der Waals surface area contributed by atoms with Crippen molar-refractivity contribution in [2.45, 2.75) is 25.3 Å². The van der Waals surface area contributed by atoms with Crippen LogP contribution in [0.25, 0.3) is 0 Å². The Labute approximate surface area is 98.3 Å². The standard InChI is InChI=1S/C11H16BrN3/c12-8-3-4-10(13)9(6-8)11(15-14)5-7-1-2-7/h3-4,6-7,11,15H,1-2,5,13-14H2. The number of hydrogen-bond donors (Lipinski definition) is 3. The van der Waals surface area contributed by atoms with E-state index in [9.17, 15) is 0 Å². The highest BCUT2D eigenvalue weighted by Crippen LogP contribution is 2.38. The molecule has 1 atom stereocenters. The highest BCUT2D eigenvalue weighted by atomic mass is 79.9. The average molecular weight is 270 g/mol. The van der Waals surface area contributed by atoms with E-state index in [4.69, 9.17) is 11.6 Å². The molecule has 1 aromatic carbocycles. The van der Waals surface area contributed by atoms with Crippen molar-refractivity contribution in [3.8, 4) is 0 Å². The minimum atomic E-state index is 0.176. The van der Waals surface area contributed by atoms with Crippen LogP contribution in [-0.4, -0.2) is 0 Å². The van der Waals surface area contributed by atoms with Crippen LogP contribution < -0.4 is 17.0 Å². The SMILES string of the molecule is NNC(CC1CC1)c1cc(Br)ccc1N. The smallest absolute Gasteiger partial charge is 0.0483 e. The predicted octanol–water partition coefficient (Wildman–Crippen LogP) is 2.34. The molecule has 15 heavy (non-hydrogen) atoms. The number of nitrogens with one attached hydrogen (secondary N) is 1. The van der Waals surface area contributed by atoms with E-state index in [0.717, 1.165) is 28.1 Å². The average Bonchev–Trinajstić information content (AvgIpc) is 3.02. The van der Waals surface area contributed by atoms with E-state index in [1.807, 2.05) is 18.2 Å². The van der Waals surface area contributed by atoms with Crippen LogP contribution in [0.1, 0.15) is 30.9 Å². The van der Waals surface area contributed by atoms with Crippen molar-refractivity contribution >= 4 is 21.6 Å². The van der Waals surface area contributed by atoms with E-state index in [1.54, 1.807) is 0 Å². The molecule has 0 radical (unpaired) electrons. The molecule has 1 unspecified atom stereocenters. The zero-order valence-corrected chi connectivity index (χ0v) is 10.1. The second-order valence-electron chi connectivity index (χ2n) is 4.17. The number of nitrogens with two attached hydrogens (primary N) is 2. The van der Waals surface area contributed by atoms with Crippen LogP contribution in [0.2, 0.25) is 0 Å². The van der Waals surface area contributed by atoms with Gasteiger partial charge in [-0.2, -0.15) is 0 Å². The number of benzene rings is 1. The van der Waals surface area contributed by atoms with Crippen molar-refractivity contribution in [2.24, 2.45) is 11.8 Å². The van der Waals surface area contributed by atoms with Crippen molar-refractivity contribution in [2.75, 3.05) is 5.73 Å². The Hall–Kier alpha value is -0.580. The molecule has 0 heterocycles. The van der Waals surface area contributed by atoms with Gasteiger partial charge in [-0.3, -0.25) is 11.3 Å². The lowest BCUT2D eigenvalue weighted by Crippen LogP contribution is -2.29. The monoisotopic (exact) mass is 269 g/mol. The van der Waals surface area contributed by atoms with E-state index in [1.165, 1.54) is 12.8 Å². The van der Waals surface area contributed by atoms with Gasteiger partial charge in [0.05, 0.1) is 0 Å². The van der Waals surface area contributed by atoms with Crippen LogP contribution in [0.4, 0.5) is 5.69 Å². The minimum Gasteiger partial charge on any atom is -0.398 e. The molecule has 1 aliphatic carbocycles. The first-order chi connectivity index (χ1) is 7.20. The molecule has 4 heteroatoms. The maximum absolute atomic E-state index is 5.95. The van der Waals surface area contributed by atoms with Gasteiger partial charge in [-0.15, -0.1) is 0 Å². The fourth-order valence-electron chi connectivity index (χ4n) is 1.82. The Bertz CT molecular complexity index is 350. The van der Waals surface area contributed by atoms with E-state index in [0.29, 0.717) is 0 Å². The fourth-order valence-corrected chi connectivity index (χ4v) is 2.20. The molecule has 0 bridgehead atoms. The summed E-state index contributed by atoms with van der Waals surface area (Å²) >= 11 is 3.45. The summed E-state index contributed by atoms with van der Waals surface area (Å²) in [6.45, 7) is 0. The Balaban J connectivity index is 2.19. The number of halogens is 1. The molecule has 1 aliphatic rings. The van der Waals surface area contributed by atoms with Gasteiger partial charge in [-0.25, -0.2) is 0 Å². The van der Waals surface area contributed by atoms with Crippen LogP contribution in [0.3, 0.4) is 0 Å². The third-order valence-electron chi connectivity index (χ3n) is 2.89. The first-order valence-corrected chi connectivity index (χ1v) is 6.01. The molecule has 0 amide bonds. The fraction of sp³-hybridized carbons (Fsp3) is 0.455. The Morgan fingerprint density at radius 1 is 1.47 bits per heavy atom. The molecule has 0 saturated heterocycles. The summed E-state index contributed by atoms with van der Waals surface area (Å²) < 4.78 is 1.04. The summed E-state index contributed by atoms with van der Waals surface area (Å²) in [5.74, 6) is 6.40. The summed E-state index contributed by atoms with van der Waals surface area (Å²) in [5.41, 5.74) is 10.7. The number of anilines is 1. The molecule has 1 fully saturated rings. The van der Waals surface area contributed by atoms with Gasteiger partial charge in [0.25, 0.3) is 0 Å². The Kier molecular flexibility index (Phi) is 3.29. The van der Waals surface area contributed by atoms with Gasteiger partial charge in [0, 0.05) is 16.2 Å². The van der Waals surface area contributed by atoms with Crippen molar-refractivity contribution in [1.82, 2.24) is 5.43 Å². The molecule has 3 nitrogen and oxygen atoms in total. The molecule has 1 aromatic rings. The van der Waals surface area contributed by atoms with Gasteiger partial charge in [0.15, 0.2) is 0 Å². The van der Waals surface area contributed by atoms with Gasteiger partial charge in [0.1, 0.15) is 0 Å². The van der Waals surface area contributed by atoms with Crippen molar-refractivity contribution < 1.29 is 0 Å². The molecule has 82 valence electrons. The van der Waals surface area contributed by atoms with E-state index in [2.05, 4.69) is 21.4 Å². The number of hydrazine groups is 1. The van der Waals surface area contributed by atoms with Crippen molar-refractivity contribution in [1.29, 1.82) is 0 Å². The lowest BCUT2D eigenvalue weighted by Gasteiger charge is -2.18. The quantitative estimate of drug-likeness (QED) is 0.447. The molecule has 0 aromatic heterocycles. The van der Waals surface area contributed by atoms with Gasteiger partial charge in [-0.1, -0.05) is 28.8 Å². The van der Waals surface area contributed by atoms with Crippen LogP contribution in [0.5, 0.6) is 0 Å². The molecule has 5 N–H and O–H groups in total. The lowest BCUT2D eigenvalue weighted by molar-refractivity contribution is 0.488. The van der Waals surface area contributed by atoms with Crippen LogP contribution in [-0.2, 0) is 0 Å². The second-order valence-corrected chi connectivity index (χ2v) is 5.09. The van der Waals surface area contributed by atoms with Crippen molar-refractivity contribution in [3.63, 3.8) is 0 Å². The van der Waals surface area contributed by atoms with Crippen LogP contribution in [0.15, 0.2) is 22.7 Å². The topological polar surface area (TPSA) is 64.1 Å². The van der Waals surface area contributed by atoms with Crippen LogP contribution in [0, 0.1) is 5.92 Å². The summed E-state index contributed by atoms with van der Waals surface area (Å²) in [4.78, 5) is 0. The number of hydrogen-bond acceptors (Lipinski definition) is 3. The van der Waals surface area contributed by atoms with E-state index < -0.39 is 0 Å². The van der Waals surface area contributed by atoms with E-state index in [-0.39, 0.29) is 6.04 Å². The van der Waals surface area contributed by atoms with Crippen LogP contribution >= 0.6 is 15.9 Å². The zero-order chi connectivity index (χ0) is 10.8. The molecule has 2 rings (SSSR count).